The summed E-state index contributed by atoms with van der Waals surface area (Å²) in [7, 11) is -3.66. The van der Waals surface area contributed by atoms with Crippen LogP contribution >= 0.6 is 0 Å². The number of halogens is 1. The average molecular weight is 449 g/mol. The van der Waals surface area contributed by atoms with Gasteiger partial charge in [-0.15, -0.1) is 0 Å². The summed E-state index contributed by atoms with van der Waals surface area (Å²) >= 11 is 0. The maximum Gasteiger partial charge on any atom is 0.257 e. The number of amides is 1. The summed E-state index contributed by atoms with van der Waals surface area (Å²) in [6, 6.07) is 4.87. The molecule has 2 saturated heterocycles. The third-order valence-corrected chi connectivity index (χ3v) is 7.71. The van der Waals surface area contributed by atoms with E-state index in [1.807, 2.05) is 0 Å². The molecule has 2 fully saturated rings. The Morgan fingerprint density at radius 3 is 2.35 bits per heavy atom. The van der Waals surface area contributed by atoms with Gasteiger partial charge in [-0.3, -0.25) is 4.79 Å². The summed E-state index contributed by atoms with van der Waals surface area (Å²) in [5.74, 6) is 0.0917. The van der Waals surface area contributed by atoms with Crippen LogP contribution in [-0.2, 0) is 14.8 Å². The molecule has 0 spiro atoms. The summed E-state index contributed by atoms with van der Waals surface area (Å²) in [6.45, 7) is 4.64. The van der Waals surface area contributed by atoms with E-state index in [2.05, 4.69) is 9.97 Å². The summed E-state index contributed by atoms with van der Waals surface area (Å²) in [6.07, 6.45) is 2.74. The Kier molecular flexibility index (Phi) is 6.31. The van der Waals surface area contributed by atoms with E-state index in [1.54, 1.807) is 18.0 Å². The van der Waals surface area contributed by atoms with Gasteiger partial charge >= 0.3 is 0 Å². The molecule has 0 unspecified atom stereocenters. The van der Waals surface area contributed by atoms with E-state index in [1.165, 1.54) is 16.4 Å². The van der Waals surface area contributed by atoms with Crippen molar-refractivity contribution in [2.45, 2.75) is 30.6 Å². The fourth-order valence-corrected chi connectivity index (χ4v) is 5.41. The molecule has 2 aliphatic rings. The molecule has 3 heterocycles. The maximum atomic E-state index is 13.1. The average Bonchev–Trinajstić information content (AvgIpc) is 2.79. The normalized spacial score (nSPS) is 18.8. The number of carbonyl (C=O) groups is 1. The van der Waals surface area contributed by atoms with Gasteiger partial charge in [-0.2, -0.15) is 4.31 Å². The Bertz CT molecular complexity index is 1050. The van der Waals surface area contributed by atoms with Gasteiger partial charge in [-0.05, 0) is 44.0 Å². The van der Waals surface area contributed by atoms with Crippen LogP contribution in [0.5, 0.6) is 0 Å². The highest BCUT2D eigenvalue weighted by molar-refractivity contribution is 7.89. The van der Waals surface area contributed by atoms with Gasteiger partial charge in [0.2, 0.25) is 10.0 Å². The number of sulfonamides is 1. The van der Waals surface area contributed by atoms with Crippen molar-refractivity contribution in [3.63, 3.8) is 0 Å². The zero-order valence-electron chi connectivity index (χ0n) is 17.3. The van der Waals surface area contributed by atoms with Crippen LogP contribution in [-0.4, -0.2) is 72.9 Å². The third-order valence-electron chi connectivity index (χ3n) is 5.80. The second-order valence-corrected chi connectivity index (χ2v) is 9.70. The van der Waals surface area contributed by atoms with Crippen molar-refractivity contribution in [2.75, 3.05) is 39.4 Å². The number of piperidine rings is 1. The molecule has 1 aromatic carbocycles. The Balaban J connectivity index is 1.42. The lowest BCUT2D eigenvalue weighted by Gasteiger charge is -2.31. The molecule has 31 heavy (non-hydrogen) atoms. The van der Waals surface area contributed by atoms with Crippen LogP contribution in [0, 0.1) is 12.7 Å². The Labute approximate surface area is 181 Å². The van der Waals surface area contributed by atoms with Crippen molar-refractivity contribution >= 4 is 15.9 Å². The molecule has 4 rings (SSSR count). The molecule has 0 N–H and O–H groups in total. The van der Waals surface area contributed by atoms with Crippen molar-refractivity contribution in [1.29, 1.82) is 0 Å². The van der Waals surface area contributed by atoms with E-state index in [4.69, 9.17) is 4.74 Å². The van der Waals surface area contributed by atoms with Crippen LogP contribution < -0.4 is 0 Å². The molecule has 0 bridgehead atoms. The minimum absolute atomic E-state index is 0.0194. The second kappa shape index (κ2) is 8.97. The fourth-order valence-electron chi connectivity index (χ4n) is 3.94. The van der Waals surface area contributed by atoms with Crippen molar-refractivity contribution in [2.24, 2.45) is 0 Å². The summed E-state index contributed by atoms with van der Waals surface area (Å²) < 4.78 is 45.4. The Morgan fingerprint density at radius 2 is 1.74 bits per heavy atom. The summed E-state index contributed by atoms with van der Waals surface area (Å²) in [5.41, 5.74) is 1.12. The highest BCUT2D eigenvalue weighted by atomic mass is 32.2. The highest BCUT2D eigenvalue weighted by Gasteiger charge is 2.31. The van der Waals surface area contributed by atoms with Gasteiger partial charge in [-0.25, -0.2) is 22.8 Å². The highest BCUT2D eigenvalue weighted by Crippen LogP contribution is 2.29. The van der Waals surface area contributed by atoms with Crippen LogP contribution in [0.15, 0.2) is 35.4 Å². The molecule has 10 heteroatoms. The molecular weight excluding hydrogens is 423 g/mol. The van der Waals surface area contributed by atoms with Gasteiger partial charge in [0.1, 0.15) is 11.6 Å². The third kappa shape index (κ3) is 4.60. The zero-order valence-corrected chi connectivity index (χ0v) is 18.1. The maximum absolute atomic E-state index is 13.1. The number of ether oxygens (including phenoxy) is 1. The van der Waals surface area contributed by atoms with E-state index in [9.17, 15) is 17.6 Å². The van der Waals surface area contributed by atoms with Gasteiger partial charge in [0.05, 0.1) is 29.4 Å². The van der Waals surface area contributed by atoms with Gasteiger partial charge in [0, 0.05) is 38.3 Å². The van der Waals surface area contributed by atoms with Gasteiger partial charge < -0.3 is 9.64 Å². The van der Waals surface area contributed by atoms with Crippen molar-refractivity contribution in [3.05, 3.63) is 53.4 Å². The van der Waals surface area contributed by atoms with Crippen molar-refractivity contribution in [3.8, 4) is 0 Å². The van der Waals surface area contributed by atoms with Crippen LogP contribution in [0.3, 0.4) is 0 Å². The zero-order chi connectivity index (χ0) is 22.0. The molecule has 0 atom stereocenters. The van der Waals surface area contributed by atoms with E-state index >= 15 is 0 Å². The first-order chi connectivity index (χ1) is 14.9. The second-order valence-electron chi connectivity index (χ2n) is 7.76. The first-order valence-corrected chi connectivity index (χ1v) is 11.8. The topological polar surface area (TPSA) is 92.7 Å². The van der Waals surface area contributed by atoms with E-state index in [0.29, 0.717) is 69.3 Å². The van der Waals surface area contributed by atoms with Crippen LogP contribution in [0.4, 0.5) is 4.39 Å². The summed E-state index contributed by atoms with van der Waals surface area (Å²) in [4.78, 5) is 23.5. The molecule has 166 valence electrons. The SMILES string of the molecule is Cc1nc(C2CCN(S(=O)(=O)c3ccc(F)cc3)CC2)ncc1C(=O)N1CCOCC1. The number of hydrogen-bond acceptors (Lipinski definition) is 6. The standard InChI is InChI=1S/C21H25FN4O4S/c1-15-19(21(27)25-10-12-30-13-11-25)14-23-20(24-15)16-6-8-26(9-7-16)31(28,29)18-4-2-17(22)3-5-18/h2-5,14,16H,6-13H2,1H3. The molecule has 2 aliphatic heterocycles. The first-order valence-electron chi connectivity index (χ1n) is 10.3. The lowest BCUT2D eigenvalue weighted by Crippen LogP contribution is -2.41. The number of aromatic nitrogens is 2. The van der Waals surface area contributed by atoms with Gasteiger partial charge in [0.15, 0.2) is 0 Å². The van der Waals surface area contributed by atoms with E-state index in [0.717, 1.165) is 12.1 Å². The van der Waals surface area contributed by atoms with Gasteiger partial charge in [0.25, 0.3) is 5.91 Å². The lowest BCUT2D eigenvalue weighted by atomic mass is 9.97. The van der Waals surface area contributed by atoms with E-state index < -0.39 is 15.8 Å². The van der Waals surface area contributed by atoms with Crippen molar-refractivity contribution < 1.29 is 22.3 Å². The monoisotopic (exact) mass is 448 g/mol. The molecular formula is C21H25FN4O4S. The van der Waals surface area contributed by atoms with Crippen LogP contribution in [0.1, 0.15) is 40.6 Å². The molecule has 1 amide bonds. The number of morpholine rings is 1. The van der Waals surface area contributed by atoms with Gasteiger partial charge in [-0.1, -0.05) is 0 Å². The number of aryl methyl sites for hydroxylation is 1. The van der Waals surface area contributed by atoms with E-state index in [-0.39, 0.29) is 16.7 Å². The quantitative estimate of drug-likeness (QED) is 0.710. The first kappa shape index (κ1) is 21.8. The molecule has 0 aliphatic carbocycles. The minimum Gasteiger partial charge on any atom is -0.378 e. The number of benzene rings is 1. The Hall–Kier alpha value is -2.43. The molecule has 0 radical (unpaired) electrons. The number of hydrogen-bond donors (Lipinski definition) is 0. The number of rotatable bonds is 4. The predicted molar refractivity (Wildman–Crippen MR) is 111 cm³/mol. The molecule has 1 aromatic heterocycles. The number of carbonyl (C=O) groups excluding carboxylic acids is 1. The predicted octanol–water partition coefficient (Wildman–Crippen LogP) is 1.96. The largest absolute Gasteiger partial charge is 0.378 e. The molecule has 2 aromatic rings. The fraction of sp³-hybridized carbons (Fsp3) is 0.476. The molecule has 0 saturated carbocycles. The Morgan fingerprint density at radius 1 is 1.10 bits per heavy atom. The lowest BCUT2D eigenvalue weighted by molar-refractivity contribution is 0.0301. The summed E-state index contributed by atoms with van der Waals surface area (Å²) in [5, 5.41) is 0. The minimum atomic E-state index is -3.66. The molecule has 8 nitrogen and oxygen atoms in total. The van der Waals surface area contributed by atoms with Crippen molar-refractivity contribution in [1.82, 2.24) is 19.2 Å². The number of nitrogens with zero attached hydrogens (tertiary/aromatic N) is 4. The smallest absolute Gasteiger partial charge is 0.257 e. The van der Waals surface area contributed by atoms with Crippen LogP contribution in [0.25, 0.3) is 0 Å². The van der Waals surface area contributed by atoms with Crippen LogP contribution in [0.2, 0.25) is 0 Å².